The van der Waals surface area contributed by atoms with Crippen LogP contribution >= 0.6 is 0 Å². The lowest BCUT2D eigenvalue weighted by atomic mass is 10.1. The third-order valence-corrected chi connectivity index (χ3v) is 5.38. The monoisotopic (exact) mass is 410 g/mol. The predicted molar refractivity (Wildman–Crippen MR) is 127 cm³/mol. The van der Waals surface area contributed by atoms with Gasteiger partial charge in [-0.3, -0.25) is 9.59 Å². The highest BCUT2D eigenvalue weighted by atomic mass is 16.2. The summed E-state index contributed by atoms with van der Waals surface area (Å²) in [5, 5.41) is 5.44. The topological polar surface area (TPSA) is 64.7 Å². The Morgan fingerprint density at radius 2 is 1.00 bits per heavy atom. The SMILES string of the molecule is CCN(CC)c1ccc(NC(=O)C(=O)Nc2ccc(N(CC)CC)cc2C)c(C)c1. The average molecular weight is 411 g/mol. The molecule has 0 aliphatic heterocycles. The van der Waals surface area contributed by atoms with Crippen LogP contribution in [0.15, 0.2) is 36.4 Å². The number of hydrogen-bond acceptors (Lipinski definition) is 4. The van der Waals surface area contributed by atoms with Crippen molar-refractivity contribution in [3.05, 3.63) is 47.5 Å². The van der Waals surface area contributed by atoms with Gasteiger partial charge in [-0.05, 0) is 89.1 Å². The van der Waals surface area contributed by atoms with Crippen LogP contribution in [0.3, 0.4) is 0 Å². The van der Waals surface area contributed by atoms with Crippen LogP contribution < -0.4 is 20.4 Å². The first kappa shape index (κ1) is 23.3. The minimum atomic E-state index is -0.680. The fraction of sp³-hybridized carbons (Fsp3) is 0.417. The summed E-state index contributed by atoms with van der Waals surface area (Å²) < 4.78 is 0. The lowest BCUT2D eigenvalue weighted by Gasteiger charge is -2.22. The van der Waals surface area contributed by atoms with E-state index in [4.69, 9.17) is 0 Å². The number of hydrogen-bond donors (Lipinski definition) is 2. The zero-order chi connectivity index (χ0) is 22.3. The van der Waals surface area contributed by atoms with E-state index in [1.165, 1.54) is 0 Å². The van der Waals surface area contributed by atoms with Crippen LogP contribution in [0.4, 0.5) is 22.7 Å². The molecule has 0 aromatic heterocycles. The number of benzene rings is 2. The average Bonchev–Trinajstić information content (AvgIpc) is 2.73. The molecule has 0 saturated carbocycles. The number of anilines is 4. The van der Waals surface area contributed by atoms with Gasteiger partial charge in [-0.2, -0.15) is 0 Å². The van der Waals surface area contributed by atoms with Gasteiger partial charge in [0, 0.05) is 48.9 Å². The highest BCUT2D eigenvalue weighted by Gasteiger charge is 2.17. The van der Waals surface area contributed by atoms with Crippen molar-refractivity contribution in [1.82, 2.24) is 0 Å². The molecule has 30 heavy (non-hydrogen) atoms. The smallest absolute Gasteiger partial charge is 0.314 e. The zero-order valence-electron chi connectivity index (χ0n) is 19.0. The summed E-state index contributed by atoms with van der Waals surface area (Å²) in [5.41, 5.74) is 5.31. The molecule has 0 radical (unpaired) electrons. The third-order valence-electron chi connectivity index (χ3n) is 5.38. The summed E-state index contributed by atoms with van der Waals surface area (Å²) in [7, 11) is 0. The molecule has 0 atom stereocenters. The minimum Gasteiger partial charge on any atom is -0.372 e. The van der Waals surface area contributed by atoms with E-state index in [0.717, 1.165) is 48.7 Å². The molecule has 0 aliphatic rings. The molecule has 2 amide bonds. The molecule has 162 valence electrons. The molecule has 6 nitrogen and oxygen atoms in total. The van der Waals surface area contributed by atoms with Crippen LogP contribution in [-0.4, -0.2) is 38.0 Å². The maximum absolute atomic E-state index is 12.4. The van der Waals surface area contributed by atoms with Crippen molar-refractivity contribution >= 4 is 34.6 Å². The van der Waals surface area contributed by atoms with E-state index in [2.05, 4.69) is 48.1 Å². The molecule has 0 saturated heterocycles. The number of aryl methyl sites for hydroxylation is 2. The van der Waals surface area contributed by atoms with E-state index in [1.54, 1.807) is 0 Å². The second-order valence-corrected chi connectivity index (χ2v) is 7.25. The summed E-state index contributed by atoms with van der Waals surface area (Å²) in [5.74, 6) is -1.36. The predicted octanol–water partition coefficient (Wildman–Crippen LogP) is 4.57. The number of rotatable bonds is 8. The highest BCUT2D eigenvalue weighted by molar-refractivity contribution is 6.43. The fourth-order valence-corrected chi connectivity index (χ4v) is 3.51. The molecule has 2 aromatic carbocycles. The number of nitrogens with one attached hydrogen (secondary N) is 2. The Morgan fingerprint density at radius 1 is 0.667 bits per heavy atom. The van der Waals surface area contributed by atoms with Crippen LogP contribution in [0.2, 0.25) is 0 Å². The maximum Gasteiger partial charge on any atom is 0.314 e. The quantitative estimate of drug-likeness (QED) is 0.626. The van der Waals surface area contributed by atoms with Crippen LogP contribution in [0, 0.1) is 13.8 Å². The van der Waals surface area contributed by atoms with Gasteiger partial charge in [-0.15, -0.1) is 0 Å². The molecular formula is C24H34N4O2. The van der Waals surface area contributed by atoms with Crippen molar-refractivity contribution in [3.63, 3.8) is 0 Å². The molecule has 0 heterocycles. The Balaban J connectivity index is 2.07. The molecule has 6 heteroatoms. The molecule has 0 aliphatic carbocycles. The molecule has 2 rings (SSSR count). The van der Waals surface area contributed by atoms with Gasteiger partial charge >= 0.3 is 11.8 Å². The number of carbonyl (C=O) groups is 2. The van der Waals surface area contributed by atoms with Crippen molar-refractivity contribution in [2.45, 2.75) is 41.5 Å². The van der Waals surface area contributed by atoms with Gasteiger partial charge in [0.15, 0.2) is 0 Å². The number of nitrogens with zero attached hydrogens (tertiary/aromatic N) is 2. The summed E-state index contributed by atoms with van der Waals surface area (Å²) >= 11 is 0. The first-order valence-electron chi connectivity index (χ1n) is 10.7. The van der Waals surface area contributed by atoms with Gasteiger partial charge < -0.3 is 20.4 Å². The Kier molecular flexibility index (Phi) is 8.27. The van der Waals surface area contributed by atoms with E-state index in [0.29, 0.717) is 11.4 Å². The minimum absolute atomic E-state index is 0.639. The van der Waals surface area contributed by atoms with Crippen LogP contribution in [-0.2, 0) is 9.59 Å². The van der Waals surface area contributed by atoms with Crippen LogP contribution in [0.5, 0.6) is 0 Å². The molecule has 0 bridgehead atoms. The summed E-state index contributed by atoms with van der Waals surface area (Å²) in [6, 6.07) is 11.7. The maximum atomic E-state index is 12.4. The highest BCUT2D eigenvalue weighted by Crippen LogP contribution is 2.24. The van der Waals surface area contributed by atoms with Gasteiger partial charge in [0.1, 0.15) is 0 Å². The van der Waals surface area contributed by atoms with Crippen molar-refractivity contribution in [1.29, 1.82) is 0 Å². The summed E-state index contributed by atoms with van der Waals surface area (Å²) in [4.78, 5) is 29.3. The van der Waals surface area contributed by atoms with Crippen molar-refractivity contribution < 1.29 is 9.59 Å². The Hall–Kier alpha value is -3.02. The van der Waals surface area contributed by atoms with Gasteiger partial charge in [0.05, 0.1) is 0 Å². The van der Waals surface area contributed by atoms with Gasteiger partial charge in [-0.25, -0.2) is 0 Å². The van der Waals surface area contributed by atoms with E-state index in [-0.39, 0.29) is 0 Å². The second kappa shape index (κ2) is 10.7. The molecular weight excluding hydrogens is 376 g/mol. The lowest BCUT2D eigenvalue weighted by molar-refractivity contribution is -0.133. The largest absolute Gasteiger partial charge is 0.372 e. The molecule has 2 N–H and O–H groups in total. The Bertz CT molecular complexity index is 813. The number of amides is 2. The number of carbonyl (C=O) groups excluding carboxylic acids is 2. The van der Waals surface area contributed by atoms with E-state index in [1.807, 2.05) is 50.2 Å². The Morgan fingerprint density at radius 3 is 1.27 bits per heavy atom. The van der Waals surface area contributed by atoms with Crippen molar-refractivity contribution in [2.75, 3.05) is 46.6 Å². The zero-order valence-corrected chi connectivity index (χ0v) is 19.0. The normalized spacial score (nSPS) is 10.5. The summed E-state index contributed by atoms with van der Waals surface area (Å²) in [6.45, 7) is 15.9. The fourth-order valence-electron chi connectivity index (χ4n) is 3.51. The van der Waals surface area contributed by atoms with E-state index < -0.39 is 11.8 Å². The molecule has 0 spiro atoms. The lowest BCUT2D eigenvalue weighted by Crippen LogP contribution is -2.30. The molecule has 0 fully saturated rings. The van der Waals surface area contributed by atoms with Crippen molar-refractivity contribution in [3.8, 4) is 0 Å². The van der Waals surface area contributed by atoms with E-state index in [9.17, 15) is 9.59 Å². The van der Waals surface area contributed by atoms with E-state index >= 15 is 0 Å². The Labute approximate surface area is 180 Å². The van der Waals surface area contributed by atoms with Crippen molar-refractivity contribution in [2.24, 2.45) is 0 Å². The standard InChI is InChI=1S/C24H34N4O2/c1-7-27(8-2)19-11-13-21(17(5)15-19)25-23(29)24(30)26-22-14-12-20(16-18(22)6)28(9-3)10-4/h11-16H,7-10H2,1-6H3,(H,25,29)(H,26,30). The first-order valence-corrected chi connectivity index (χ1v) is 10.7. The van der Waals surface area contributed by atoms with Gasteiger partial charge in [0.2, 0.25) is 0 Å². The van der Waals surface area contributed by atoms with Crippen LogP contribution in [0.25, 0.3) is 0 Å². The van der Waals surface area contributed by atoms with Gasteiger partial charge in [-0.1, -0.05) is 0 Å². The first-order chi connectivity index (χ1) is 14.3. The third kappa shape index (κ3) is 5.53. The summed E-state index contributed by atoms with van der Waals surface area (Å²) in [6.07, 6.45) is 0. The van der Waals surface area contributed by atoms with Crippen LogP contribution in [0.1, 0.15) is 38.8 Å². The molecule has 0 unspecified atom stereocenters. The van der Waals surface area contributed by atoms with Gasteiger partial charge in [0.25, 0.3) is 0 Å². The second-order valence-electron chi connectivity index (χ2n) is 7.25. The molecule has 2 aromatic rings.